The van der Waals surface area contributed by atoms with Gasteiger partial charge in [0.15, 0.2) is 0 Å². The molecule has 7 nitrogen and oxygen atoms in total. The number of piperidine rings is 1. The fourth-order valence-electron chi connectivity index (χ4n) is 4.17. The highest BCUT2D eigenvalue weighted by atomic mass is 19.3. The molecule has 3 amide bonds. The first kappa shape index (κ1) is 18.9. The number of nitrogens with one attached hydrogen (secondary N) is 2. The summed E-state index contributed by atoms with van der Waals surface area (Å²) in [6.07, 6.45) is 0.489. The lowest BCUT2D eigenvalue weighted by atomic mass is 10.0. The van der Waals surface area contributed by atoms with E-state index in [2.05, 4.69) is 10.6 Å². The van der Waals surface area contributed by atoms with E-state index in [0.717, 1.165) is 5.56 Å². The zero-order valence-corrected chi connectivity index (χ0v) is 15.3. The summed E-state index contributed by atoms with van der Waals surface area (Å²) in [5.74, 6) is -3.89. The van der Waals surface area contributed by atoms with Crippen molar-refractivity contribution in [1.29, 1.82) is 0 Å². The average Bonchev–Trinajstić information content (AvgIpc) is 2.85. The molecule has 0 saturated carbocycles. The number of fused-ring (bicyclic) bond motifs is 1. The number of alkyl halides is 2. The molecule has 1 aromatic carbocycles. The van der Waals surface area contributed by atoms with Gasteiger partial charge in [-0.3, -0.25) is 24.6 Å². The van der Waals surface area contributed by atoms with Crippen LogP contribution in [0, 0.1) is 0 Å². The van der Waals surface area contributed by atoms with Gasteiger partial charge in [-0.2, -0.15) is 0 Å². The lowest BCUT2D eigenvalue weighted by Crippen LogP contribution is -2.52. The lowest BCUT2D eigenvalue weighted by Gasteiger charge is -2.29. The third-order valence-electron chi connectivity index (χ3n) is 5.48. The third-order valence-corrected chi connectivity index (χ3v) is 5.48. The molecule has 0 bridgehead atoms. The van der Waals surface area contributed by atoms with E-state index in [9.17, 15) is 23.2 Å². The van der Waals surface area contributed by atoms with Gasteiger partial charge in [0.25, 0.3) is 11.8 Å². The quantitative estimate of drug-likeness (QED) is 0.732. The molecule has 1 aromatic rings. The van der Waals surface area contributed by atoms with E-state index in [1.54, 1.807) is 11.0 Å². The van der Waals surface area contributed by atoms with Gasteiger partial charge in [-0.1, -0.05) is 18.2 Å². The minimum Gasteiger partial charge on any atom is -0.322 e. The summed E-state index contributed by atoms with van der Waals surface area (Å²) in [5.41, 5.74) is 1.97. The van der Waals surface area contributed by atoms with Crippen LogP contribution in [-0.4, -0.2) is 65.7 Å². The molecule has 1 atom stereocenters. The van der Waals surface area contributed by atoms with Crippen LogP contribution in [0.3, 0.4) is 0 Å². The van der Waals surface area contributed by atoms with E-state index in [0.29, 0.717) is 30.6 Å². The molecule has 9 heteroatoms. The summed E-state index contributed by atoms with van der Waals surface area (Å²) in [6.45, 7) is 0.736. The molecule has 2 N–H and O–H groups in total. The zero-order chi connectivity index (χ0) is 19.9. The Hall–Kier alpha value is -2.39. The first-order valence-electron chi connectivity index (χ1n) is 9.40. The number of carbonyl (C=O) groups excluding carboxylic acids is 3. The maximum atomic E-state index is 13.9. The minimum atomic E-state index is -2.82. The molecule has 3 aliphatic heterocycles. The molecule has 2 saturated heterocycles. The second kappa shape index (κ2) is 7.21. The number of amides is 3. The monoisotopic (exact) mass is 392 g/mol. The molecule has 0 aromatic heterocycles. The van der Waals surface area contributed by atoms with Crippen molar-refractivity contribution in [2.45, 2.75) is 37.9 Å². The summed E-state index contributed by atoms with van der Waals surface area (Å²) >= 11 is 0. The van der Waals surface area contributed by atoms with E-state index in [-0.39, 0.29) is 44.4 Å². The number of hydrogen-bond donors (Lipinski definition) is 2. The largest absolute Gasteiger partial charge is 0.322 e. The molecule has 2 fully saturated rings. The van der Waals surface area contributed by atoms with E-state index >= 15 is 0 Å². The summed E-state index contributed by atoms with van der Waals surface area (Å²) in [5, 5.41) is 5.01. The average molecular weight is 392 g/mol. The number of carbonyl (C=O) groups is 3. The number of imide groups is 1. The number of halogens is 2. The van der Waals surface area contributed by atoms with Crippen LogP contribution in [0.2, 0.25) is 0 Å². The van der Waals surface area contributed by atoms with Crippen molar-refractivity contribution in [2.24, 2.45) is 0 Å². The zero-order valence-electron chi connectivity index (χ0n) is 15.3. The predicted octanol–water partition coefficient (Wildman–Crippen LogP) is 0.488. The first-order valence-corrected chi connectivity index (χ1v) is 9.40. The van der Waals surface area contributed by atoms with E-state index in [1.807, 2.05) is 12.1 Å². The molecule has 3 heterocycles. The van der Waals surface area contributed by atoms with Crippen LogP contribution < -0.4 is 10.6 Å². The summed E-state index contributed by atoms with van der Waals surface area (Å²) in [7, 11) is 0. The minimum absolute atomic E-state index is 0.194. The predicted molar refractivity (Wildman–Crippen MR) is 95.6 cm³/mol. The number of nitrogens with zero attached hydrogens (tertiary/aromatic N) is 2. The van der Waals surface area contributed by atoms with Crippen molar-refractivity contribution in [3.05, 3.63) is 34.9 Å². The van der Waals surface area contributed by atoms with Crippen LogP contribution in [-0.2, 0) is 22.7 Å². The van der Waals surface area contributed by atoms with Crippen molar-refractivity contribution in [3.63, 3.8) is 0 Å². The van der Waals surface area contributed by atoms with Crippen molar-refractivity contribution < 1.29 is 23.2 Å². The molecule has 4 rings (SSSR count). The van der Waals surface area contributed by atoms with Crippen LogP contribution >= 0.6 is 0 Å². The van der Waals surface area contributed by atoms with Gasteiger partial charge in [0.1, 0.15) is 6.04 Å². The first-order chi connectivity index (χ1) is 13.3. The van der Waals surface area contributed by atoms with Gasteiger partial charge in [-0.05, 0) is 17.5 Å². The number of rotatable bonds is 3. The Morgan fingerprint density at radius 1 is 1.21 bits per heavy atom. The maximum Gasteiger partial charge on any atom is 0.272 e. The highest BCUT2D eigenvalue weighted by Gasteiger charge is 2.40. The van der Waals surface area contributed by atoms with Gasteiger partial charge in [-0.15, -0.1) is 0 Å². The Morgan fingerprint density at radius 3 is 2.82 bits per heavy atom. The topological polar surface area (TPSA) is 81.8 Å². The second-order valence-electron chi connectivity index (χ2n) is 7.59. The standard InChI is InChI=1S/C19H22F2N4O3/c20-19(21)10-22-6-7-24(11-19)8-12-2-1-3-13-9-25(18(28)16(12)13)14-4-5-15(26)23-17(14)27/h1-3,14,22H,4-11H2,(H,23,26,27). The molecule has 0 aliphatic carbocycles. The Kier molecular flexibility index (Phi) is 4.88. The van der Waals surface area contributed by atoms with Gasteiger partial charge < -0.3 is 10.2 Å². The smallest absolute Gasteiger partial charge is 0.272 e. The van der Waals surface area contributed by atoms with E-state index in [4.69, 9.17) is 0 Å². The van der Waals surface area contributed by atoms with Gasteiger partial charge in [0.2, 0.25) is 11.8 Å². The fraction of sp³-hybridized carbons (Fsp3) is 0.526. The summed E-state index contributed by atoms with van der Waals surface area (Å²) < 4.78 is 27.8. The number of hydrogen-bond acceptors (Lipinski definition) is 5. The molecule has 3 aliphatic rings. The highest BCUT2D eigenvalue weighted by Crippen LogP contribution is 2.31. The van der Waals surface area contributed by atoms with Crippen LogP contribution in [0.15, 0.2) is 18.2 Å². The Balaban J connectivity index is 1.55. The lowest BCUT2D eigenvalue weighted by molar-refractivity contribution is -0.136. The molecule has 1 unspecified atom stereocenters. The molecule has 0 radical (unpaired) electrons. The van der Waals surface area contributed by atoms with E-state index < -0.39 is 17.9 Å². The third kappa shape index (κ3) is 3.64. The SMILES string of the molecule is O=C1CCC(N2Cc3cccc(CN4CCNCC(F)(F)C4)c3C2=O)C(=O)N1. The van der Waals surface area contributed by atoms with Gasteiger partial charge in [-0.25, -0.2) is 8.78 Å². The fourth-order valence-corrected chi connectivity index (χ4v) is 4.17. The summed E-state index contributed by atoms with van der Waals surface area (Å²) in [4.78, 5) is 39.8. The van der Waals surface area contributed by atoms with Gasteiger partial charge >= 0.3 is 0 Å². The molecular formula is C19H22F2N4O3. The van der Waals surface area contributed by atoms with Crippen molar-refractivity contribution in [3.8, 4) is 0 Å². The molecule has 0 spiro atoms. The van der Waals surface area contributed by atoms with Crippen molar-refractivity contribution in [1.82, 2.24) is 20.4 Å². The molecule has 28 heavy (non-hydrogen) atoms. The van der Waals surface area contributed by atoms with Crippen molar-refractivity contribution >= 4 is 17.7 Å². The van der Waals surface area contributed by atoms with Crippen LogP contribution in [0.4, 0.5) is 8.78 Å². The van der Waals surface area contributed by atoms with E-state index in [1.165, 1.54) is 4.90 Å². The Bertz CT molecular complexity index is 829. The van der Waals surface area contributed by atoms with Crippen molar-refractivity contribution in [2.75, 3.05) is 26.2 Å². The van der Waals surface area contributed by atoms with Crippen LogP contribution in [0.1, 0.15) is 34.3 Å². The Morgan fingerprint density at radius 2 is 2.04 bits per heavy atom. The van der Waals surface area contributed by atoms with Gasteiger partial charge in [0.05, 0.1) is 13.1 Å². The Labute approximate surface area is 161 Å². The maximum absolute atomic E-state index is 13.9. The second-order valence-corrected chi connectivity index (χ2v) is 7.59. The van der Waals surface area contributed by atoms with Crippen LogP contribution in [0.5, 0.6) is 0 Å². The molecular weight excluding hydrogens is 370 g/mol. The number of benzene rings is 1. The van der Waals surface area contributed by atoms with Crippen LogP contribution in [0.25, 0.3) is 0 Å². The summed E-state index contributed by atoms with van der Waals surface area (Å²) in [6, 6.07) is 4.73. The normalized spacial score (nSPS) is 25.4. The molecule has 150 valence electrons. The van der Waals surface area contributed by atoms with Gasteiger partial charge in [0, 0.05) is 38.2 Å². The highest BCUT2D eigenvalue weighted by molar-refractivity contribution is 6.05.